The van der Waals surface area contributed by atoms with Crippen LogP contribution in [-0.4, -0.2) is 47.3 Å². The molecule has 0 saturated carbocycles. The van der Waals surface area contributed by atoms with Gasteiger partial charge in [-0.1, -0.05) is 24.6 Å². The second-order valence-corrected chi connectivity index (χ2v) is 10.2. The Morgan fingerprint density at radius 3 is 2.61 bits per heavy atom. The largest absolute Gasteiger partial charge is 0.348 e. The minimum absolute atomic E-state index is 0.0536. The van der Waals surface area contributed by atoms with Crippen molar-refractivity contribution in [2.45, 2.75) is 50.6 Å². The zero-order chi connectivity index (χ0) is 23.6. The lowest BCUT2D eigenvalue weighted by Crippen LogP contribution is -2.41. The highest BCUT2D eigenvalue weighted by atomic mass is 32.2. The van der Waals surface area contributed by atoms with Crippen LogP contribution in [0.15, 0.2) is 64.4 Å². The van der Waals surface area contributed by atoms with Gasteiger partial charge in [-0.2, -0.15) is 4.31 Å². The van der Waals surface area contributed by atoms with E-state index in [1.807, 2.05) is 44.2 Å². The third-order valence-corrected chi connectivity index (χ3v) is 8.17. The molecule has 9 heteroatoms. The molecule has 4 rings (SSSR count). The van der Waals surface area contributed by atoms with Gasteiger partial charge in [-0.25, -0.2) is 18.2 Å². The van der Waals surface area contributed by atoms with E-state index in [0.717, 1.165) is 24.9 Å². The van der Waals surface area contributed by atoms with Gasteiger partial charge >= 0.3 is 5.69 Å². The highest BCUT2D eigenvalue weighted by molar-refractivity contribution is 7.89. The van der Waals surface area contributed by atoms with Gasteiger partial charge in [0.15, 0.2) is 0 Å². The first kappa shape index (κ1) is 23.1. The minimum Gasteiger partial charge on any atom is -0.311 e. The van der Waals surface area contributed by atoms with Gasteiger partial charge in [-0.3, -0.25) is 9.36 Å². The van der Waals surface area contributed by atoms with Crippen molar-refractivity contribution in [3.8, 4) is 0 Å². The fourth-order valence-corrected chi connectivity index (χ4v) is 6.12. The molecule has 1 aliphatic rings. The Morgan fingerprint density at radius 1 is 1.15 bits per heavy atom. The van der Waals surface area contributed by atoms with Gasteiger partial charge in [0, 0.05) is 36.4 Å². The highest BCUT2D eigenvalue weighted by Gasteiger charge is 2.31. The molecule has 1 aromatic heterocycles. The number of likely N-dealkylation sites (N-methyl/N-ethyl adjacent to an activating group) is 1. The lowest BCUT2D eigenvalue weighted by atomic mass is 10.1. The van der Waals surface area contributed by atoms with Crippen molar-refractivity contribution in [2.24, 2.45) is 0 Å². The van der Waals surface area contributed by atoms with Gasteiger partial charge < -0.3 is 4.90 Å². The van der Waals surface area contributed by atoms with E-state index < -0.39 is 15.7 Å². The lowest BCUT2D eigenvalue weighted by molar-refractivity contribution is -0.119. The first-order valence-corrected chi connectivity index (χ1v) is 12.6. The van der Waals surface area contributed by atoms with E-state index in [1.54, 1.807) is 15.3 Å². The standard InChI is InChI=1S/C24H28N4O4S/c1-3-26(20-10-5-4-6-11-20)23(29)17-27-22-13-12-21(15-19(22)16-25-24(27)30)33(31,32)28-14-8-7-9-18(28)2/h4-6,10-13,15-16,18H,3,7-9,14,17H2,1-2H3/t18-/m0/s1. The van der Waals surface area contributed by atoms with Crippen LogP contribution >= 0.6 is 0 Å². The number of anilines is 1. The van der Waals surface area contributed by atoms with Crippen LogP contribution in [0, 0.1) is 0 Å². The quantitative estimate of drug-likeness (QED) is 0.555. The van der Waals surface area contributed by atoms with E-state index in [2.05, 4.69) is 4.98 Å². The Labute approximate surface area is 193 Å². The second-order valence-electron chi connectivity index (χ2n) is 8.28. The fourth-order valence-electron chi connectivity index (χ4n) is 4.39. The number of carbonyl (C=O) groups excluding carboxylic acids is 1. The number of amides is 1. The number of benzene rings is 2. The lowest BCUT2D eigenvalue weighted by Gasteiger charge is -2.32. The summed E-state index contributed by atoms with van der Waals surface area (Å²) < 4.78 is 29.3. The molecule has 0 spiro atoms. The Kier molecular flexibility index (Phi) is 6.62. The van der Waals surface area contributed by atoms with E-state index in [-0.39, 0.29) is 23.4 Å². The molecular weight excluding hydrogens is 440 g/mol. The number of aromatic nitrogens is 2. The third kappa shape index (κ3) is 4.56. The number of para-hydroxylation sites is 1. The third-order valence-electron chi connectivity index (χ3n) is 6.16. The number of piperidine rings is 1. The van der Waals surface area contributed by atoms with Crippen molar-refractivity contribution in [1.82, 2.24) is 13.9 Å². The van der Waals surface area contributed by atoms with Crippen molar-refractivity contribution >= 4 is 32.5 Å². The van der Waals surface area contributed by atoms with E-state index in [4.69, 9.17) is 0 Å². The molecule has 0 bridgehead atoms. The molecule has 33 heavy (non-hydrogen) atoms. The molecule has 8 nitrogen and oxygen atoms in total. The van der Waals surface area contributed by atoms with Crippen LogP contribution < -0.4 is 10.6 Å². The summed E-state index contributed by atoms with van der Waals surface area (Å²) in [6.07, 6.45) is 4.07. The van der Waals surface area contributed by atoms with Crippen LogP contribution in [0.1, 0.15) is 33.1 Å². The maximum atomic E-state index is 13.2. The summed E-state index contributed by atoms with van der Waals surface area (Å²) >= 11 is 0. The zero-order valence-electron chi connectivity index (χ0n) is 18.8. The van der Waals surface area contributed by atoms with Gasteiger partial charge in [0.1, 0.15) is 6.54 Å². The number of fused-ring (bicyclic) bond motifs is 1. The number of hydrogen-bond donors (Lipinski definition) is 0. The minimum atomic E-state index is -3.66. The highest BCUT2D eigenvalue weighted by Crippen LogP contribution is 2.27. The number of hydrogen-bond acceptors (Lipinski definition) is 5. The fraction of sp³-hybridized carbons (Fsp3) is 0.375. The van der Waals surface area contributed by atoms with Crippen LogP contribution in [-0.2, 0) is 21.4 Å². The second kappa shape index (κ2) is 9.44. The molecule has 1 saturated heterocycles. The van der Waals surface area contributed by atoms with Crippen LogP contribution in [0.5, 0.6) is 0 Å². The predicted molar refractivity (Wildman–Crippen MR) is 128 cm³/mol. The number of sulfonamides is 1. The van der Waals surface area contributed by atoms with Gasteiger partial charge in [-0.15, -0.1) is 0 Å². The number of carbonyl (C=O) groups is 1. The molecular formula is C24H28N4O4S. The number of nitrogens with zero attached hydrogens (tertiary/aromatic N) is 4. The van der Waals surface area contributed by atoms with Crippen molar-refractivity contribution < 1.29 is 13.2 Å². The monoisotopic (exact) mass is 468 g/mol. The molecule has 3 aromatic rings. The summed E-state index contributed by atoms with van der Waals surface area (Å²) in [6.45, 7) is 4.55. The summed E-state index contributed by atoms with van der Waals surface area (Å²) in [7, 11) is -3.66. The predicted octanol–water partition coefficient (Wildman–Crippen LogP) is 3.01. The molecule has 0 aliphatic carbocycles. The summed E-state index contributed by atoms with van der Waals surface area (Å²) in [5, 5.41) is 0.496. The molecule has 0 radical (unpaired) electrons. The molecule has 1 aliphatic heterocycles. The average Bonchev–Trinajstić information content (AvgIpc) is 2.82. The van der Waals surface area contributed by atoms with Crippen molar-refractivity contribution in [3.63, 3.8) is 0 Å². The van der Waals surface area contributed by atoms with Crippen LogP contribution in [0.4, 0.5) is 5.69 Å². The SMILES string of the molecule is CCN(C(=O)Cn1c(=O)ncc2cc(S(=O)(=O)N3CCCC[C@@H]3C)ccc21)c1ccccc1. The van der Waals surface area contributed by atoms with E-state index in [0.29, 0.717) is 24.0 Å². The van der Waals surface area contributed by atoms with Gasteiger partial charge in [0.05, 0.1) is 10.4 Å². The zero-order valence-corrected chi connectivity index (χ0v) is 19.7. The molecule has 1 fully saturated rings. The molecule has 1 atom stereocenters. The topological polar surface area (TPSA) is 92.6 Å². The van der Waals surface area contributed by atoms with E-state index in [9.17, 15) is 18.0 Å². The molecule has 174 valence electrons. The van der Waals surface area contributed by atoms with E-state index >= 15 is 0 Å². The Morgan fingerprint density at radius 2 is 1.91 bits per heavy atom. The van der Waals surface area contributed by atoms with Crippen LogP contribution in [0.25, 0.3) is 10.9 Å². The van der Waals surface area contributed by atoms with E-state index in [1.165, 1.54) is 22.9 Å². The normalized spacial score (nSPS) is 17.2. The summed E-state index contributed by atoms with van der Waals surface area (Å²) in [5.74, 6) is -0.251. The Hall–Kier alpha value is -3.04. The summed E-state index contributed by atoms with van der Waals surface area (Å²) in [4.78, 5) is 31.3. The van der Waals surface area contributed by atoms with Crippen molar-refractivity contribution in [2.75, 3.05) is 18.0 Å². The number of rotatable bonds is 6. The Bertz CT molecular complexity index is 1320. The Balaban J connectivity index is 1.68. The van der Waals surface area contributed by atoms with Crippen molar-refractivity contribution in [1.29, 1.82) is 0 Å². The average molecular weight is 469 g/mol. The molecule has 0 unspecified atom stereocenters. The maximum Gasteiger partial charge on any atom is 0.348 e. The molecule has 2 heterocycles. The van der Waals surface area contributed by atoms with Crippen molar-refractivity contribution in [3.05, 3.63) is 65.2 Å². The first-order chi connectivity index (χ1) is 15.8. The molecule has 2 aromatic carbocycles. The first-order valence-electron chi connectivity index (χ1n) is 11.2. The smallest absolute Gasteiger partial charge is 0.311 e. The van der Waals surface area contributed by atoms with Gasteiger partial charge in [0.2, 0.25) is 15.9 Å². The van der Waals surface area contributed by atoms with Crippen LogP contribution in [0.3, 0.4) is 0 Å². The summed E-state index contributed by atoms with van der Waals surface area (Å²) in [5.41, 5.74) is 0.661. The van der Waals surface area contributed by atoms with Crippen LogP contribution in [0.2, 0.25) is 0 Å². The maximum absolute atomic E-state index is 13.2. The van der Waals surface area contributed by atoms with Gasteiger partial charge in [0.25, 0.3) is 0 Å². The van der Waals surface area contributed by atoms with Gasteiger partial charge in [-0.05, 0) is 57.0 Å². The summed E-state index contributed by atoms with van der Waals surface area (Å²) in [6, 6.07) is 13.8. The molecule has 0 N–H and O–H groups in total. The molecule has 1 amide bonds.